The van der Waals surface area contributed by atoms with Crippen molar-refractivity contribution in [3.05, 3.63) is 17.5 Å². The lowest BCUT2D eigenvalue weighted by molar-refractivity contribution is -0.0568. The van der Waals surface area contributed by atoms with Crippen molar-refractivity contribution in [2.45, 2.75) is 59.8 Å². The summed E-state index contributed by atoms with van der Waals surface area (Å²) in [7, 11) is 0. The van der Waals surface area contributed by atoms with Crippen molar-refractivity contribution >= 4 is 0 Å². The summed E-state index contributed by atoms with van der Waals surface area (Å²) < 4.78 is 7.58. The minimum absolute atomic E-state index is 0.115. The Kier molecular flexibility index (Phi) is 5.82. The number of hydrogen-bond donors (Lipinski definition) is 1. The van der Waals surface area contributed by atoms with E-state index in [1.54, 1.807) is 0 Å². The van der Waals surface area contributed by atoms with Gasteiger partial charge in [0.15, 0.2) is 0 Å². The topological polar surface area (TPSA) is 47.3 Å². The number of aliphatic hydroxyl groups is 1. The number of rotatable bonds is 7. The smallest absolute Gasteiger partial charge is 0.0860 e. The molecule has 0 aliphatic carbocycles. The molecule has 0 spiro atoms. The van der Waals surface area contributed by atoms with E-state index in [2.05, 4.69) is 25.9 Å². The SMILES string of the molecule is CCOC(C(C)C)C(O)Cc1cc(C)nn1CC. The molecule has 0 aromatic carbocycles. The first-order valence-corrected chi connectivity index (χ1v) is 6.82. The van der Waals surface area contributed by atoms with Crippen molar-refractivity contribution in [2.75, 3.05) is 6.61 Å². The fraction of sp³-hybridized carbons (Fsp3) is 0.786. The number of ether oxygens (including phenoxy) is 1. The summed E-state index contributed by atoms with van der Waals surface area (Å²) in [6, 6.07) is 2.04. The normalized spacial score (nSPS) is 15.1. The second-order valence-electron chi connectivity index (χ2n) is 5.03. The highest BCUT2D eigenvalue weighted by molar-refractivity contribution is 5.10. The van der Waals surface area contributed by atoms with Crippen LogP contribution in [0.1, 0.15) is 39.1 Å². The summed E-state index contributed by atoms with van der Waals surface area (Å²) in [6.45, 7) is 11.6. The highest BCUT2D eigenvalue weighted by atomic mass is 16.5. The monoisotopic (exact) mass is 254 g/mol. The van der Waals surface area contributed by atoms with E-state index in [0.29, 0.717) is 18.9 Å². The van der Waals surface area contributed by atoms with E-state index in [1.807, 2.05) is 24.6 Å². The Bertz CT molecular complexity index is 361. The van der Waals surface area contributed by atoms with Crippen molar-refractivity contribution in [3.8, 4) is 0 Å². The Hall–Kier alpha value is -0.870. The lowest BCUT2D eigenvalue weighted by Crippen LogP contribution is -2.35. The maximum Gasteiger partial charge on any atom is 0.0860 e. The molecule has 0 saturated carbocycles. The van der Waals surface area contributed by atoms with Crippen LogP contribution < -0.4 is 0 Å². The van der Waals surface area contributed by atoms with Crippen molar-refractivity contribution in [1.29, 1.82) is 0 Å². The van der Waals surface area contributed by atoms with E-state index >= 15 is 0 Å². The van der Waals surface area contributed by atoms with E-state index in [-0.39, 0.29) is 6.10 Å². The first-order chi connectivity index (χ1) is 8.49. The molecule has 4 nitrogen and oxygen atoms in total. The zero-order valence-electron chi connectivity index (χ0n) is 12.2. The predicted octanol–water partition coefficient (Wildman–Crippen LogP) is 2.18. The Balaban J connectivity index is 2.75. The van der Waals surface area contributed by atoms with Gasteiger partial charge in [-0.3, -0.25) is 4.68 Å². The second-order valence-corrected chi connectivity index (χ2v) is 5.03. The van der Waals surface area contributed by atoms with Gasteiger partial charge in [0.25, 0.3) is 0 Å². The van der Waals surface area contributed by atoms with E-state index < -0.39 is 6.10 Å². The second kappa shape index (κ2) is 6.90. The molecule has 0 amide bonds. The Morgan fingerprint density at radius 3 is 2.56 bits per heavy atom. The molecule has 1 aromatic rings. The van der Waals surface area contributed by atoms with Gasteiger partial charge in [0.1, 0.15) is 0 Å². The van der Waals surface area contributed by atoms with E-state index in [1.165, 1.54) is 0 Å². The quantitative estimate of drug-likeness (QED) is 0.811. The summed E-state index contributed by atoms with van der Waals surface area (Å²) in [5.74, 6) is 0.305. The van der Waals surface area contributed by atoms with Crippen molar-refractivity contribution in [3.63, 3.8) is 0 Å². The summed E-state index contributed by atoms with van der Waals surface area (Å²) in [5.41, 5.74) is 2.07. The average Bonchev–Trinajstić information content (AvgIpc) is 2.65. The van der Waals surface area contributed by atoms with Crippen molar-refractivity contribution in [1.82, 2.24) is 9.78 Å². The zero-order valence-corrected chi connectivity index (χ0v) is 12.2. The fourth-order valence-electron chi connectivity index (χ4n) is 2.31. The number of hydrogen-bond acceptors (Lipinski definition) is 3. The molecule has 0 saturated heterocycles. The van der Waals surface area contributed by atoms with Crippen LogP contribution in [0.15, 0.2) is 6.07 Å². The first-order valence-electron chi connectivity index (χ1n) is 6.82. The average molecular weight is 254 g/mol. The molecule has 18 heavy (non-hydrogen) atoms. The lowest BCUT2D eigenvalue weighted by atomic mass is 9.98. The van der Waals surface area contributed by atoms with E-state index in [9.17, 15) is 5.11 Å². The summed E-state index contributed by atoms with van der Waals surface area (Å²) in [5, 5.41) is 14.7. The molecule has 2 atom stereocenters. The van der Waals surface area contributed by atoms with Gasteiger partial charge < -0.3 is 9.84 Å². The Labute approximate surface area is 110 Å². The molecule has 1 rings (SSSR count). The van der Waals surface area contributed by atoms with Crippen molar-refractivity contribution in [2.24, 2.45) is 5.92 Å². The molecule has 0 aliphatic rings. The third-order valence-electron chi connectivity index (χ3n) is 3.10. The molecule has 4 heteroatoms. The zero-order chi connectivity index (χ0) is 13.7. The molecule has 1 aromatic heterocycles. The number of aromatic nitrogens is 2. The minimum Gasteiger partial charge on any atom is -0.390 e. The van der Waals surface area contributed by atoms with Crippen LogP contribution in [0, 0.1) is 12.8 Å². The maximum absolute atomic E-state index is 10.3. The first kappa shape index (κ1) is 15.2. The van der Waals surface area contributed by atoms with Gasteiger partial charge in [-0.1, -0.05) is 13.8 Å². The van der Waals surface area contributed by atoms with Crippen LogP contribution in [0.2, 0.25) is 0 Å². The molecule has 104 valence electrons. The van der Waals surface area contributed by atoms with Crippen LogP contribution in [0.3, 0.4) is 0 Å². The van der Waals surface area contributed by atoms with Gasteiger partial charge in [-0.25, -0.2) is 0 Å². The van der Waals surface area contributed by atoms with Gasteiger partial charge >= 0.3 is 0 Å². The van der Waals surface area contributed by atoms with Crippen LogP contribution >= 0.6 is 0 Å². The number of nitrogens with zero attached hydrogens (tertiary/aromatic N) is 2. The third kappa shape index (κ3) is 3.82. The van der Waals surface area contributed by atoms with E-state index in [0.717, 1.165) is 17.9 Å². The van der Waals surface area contributed by atoms with Crippen LogP contribution in [-0.2, 0) is 17.7 Å². The highest BCUT2D eigenvalue weighted by Gasteiger charge is 2.24. The number of aliphatic hydroxyl groups excluding tert-OH is 1. The molecular formula is C14H26N2O2. The third-order valence-corrected chi connectivity index (χ3v) is 3.10. The molecule has 0 fully saturated rings. The van der Waals surface area contributed by atoms with Gasteiger partial charge in [0.05, 0.1) is 17.9 Å². The van der Waals surface area contributed by atoms with Crippen molar-refractivity contribution < 1.29 is 9.84 Å². The fourth-order valence-corrected chi connectivity index (χ4v) is 2.31. The van der Waals surface area contributed by atoms with Gasteiger partial charge in [0.2, 0.25) is 0 Å². The molecule has 1 N–H and O–H groups in total. The molecule has 1 heterocycles. The van der Waals surface area contributed by atoms with Crippen LogP contribution in [0.4, 0.5) is 0 Å². The summed E-state index contributed by atoms with van der Waals surface area (Å²) >= 11 is 0. The molecular weight excluding hydrogens is 228 g/mol. The largest absolute Gasteiger partial charge is 0.390 e. The molecule has 0 radical (unpaired) electrons. The summed E-state index contributed by atoms with van der Waals surface area (Å²) in [4.78, 5) is 0. The predicted molar refractivity (Wildman–Crippen MR) is 72.6 cm³/mol. The van der Waals surface area contributed by atoms with E-state index in [4.69, 9.17) is 4.74 Å². The van der Waals surface area contributed by atoms with Gasteiger partial charge in [0, 0.05) is 25.3 Å². The summed E-state index contributed by atoms with van der Waals surface area (Å²) in [6.07, 6.45) is -0.000729. The molecule has 0 aliphatic heterocycles. The van der Waals surface area contributed by atoms with Gasteiger partial charge in [-0.2, -0.15) is 5.10 Å². The maximum atomic E-state index is 10.3. The Morgan fingerprint density at radius 2 is 2.06 bits per heavy atom. The van der Waals surface area contributed by atoms with Crippen LogP contribution in [0.25, 0.3) is 0 Å². The van der Waals surface area contributed by atoms with Crippen LogP contribution in [-0.4, -0.2) is 33.7 Å². The Morgan fingerprint density at radius 1 is 1.39 bits per heavy atom. The van der Waals surface area contributed by atoms with Crippen LogP contribution in [0.5, 0.6) is 0 Å². The minimum atomic E-state index is -0.480. The molecule has 0 bridgehead atoms. The highest BCUT2D eigenvalue weighted by Crippen LogP contribution is 2.16. The lowest BCUT2D eigenvalue weighted by Gasteiger charge is -2.26. The molecule has 2 unspecified atom stereocenters. The standard InChI is InChI=1S/C14H26N2O2/c1-6-16-12(8-11(5)15-16)9-13(17)14(10(3)4)18-7-2/h8,10,13-14,17H,6-7,9H2,1-5H3. The number of aryl methyl sites for hydroxylation is 2. The van der Waals surface area contributed by atoms with Gasteiger partial charge in [-0.15, -0.1) is 0 Å². The van der Waals surface area contributed by atoms with Gasteiger partial charge in [-0.05, 0) is 32.8 Å².